The molecule has 0 aromatic heterocycles. The molecule has 18 heavy (non-hydrogen) atoms. The van der Waals surface area contributed by atoms with E-state index < -0.39 is 23.6 Å². The molecule has 0 bridgehead atoms. The van der Waals surface area contributed by atoms with Gasteiger partial charge < -0.3 is 19.7 Å². The van der Waals surface area contributed by atoms with Gasteiger partial charge in [0, 0.05) is 7.05 Å². The zero-order chi connectivity index (χ0) is 14.3. The minimum absolute atomic E-state index is 0.161. The Bertz CT molecular complexity index is 322. The van der Waals surface area contributed by atoms with E-state index in [1.807, 2.05) is 0 Å². The zero-order valence-corrected chi connectivity index (χ0v) is 11.4. The van der Waals surface area contributed by atoms with Crippen LogP contribution in [0.2, 0.25) is 0 Å². The van der Waals surface area contributed by atoms with Crippen molar-refractivity contribution in [2.45, 2.75) is 26.4 Å². The molecule has 7 heteroatoms. The van der Waals surface area contributed by atoms with Gasteiger partial charge in [-0.25, -0.2) is 4.79 Å². The number of hydrogen-bond acceptors (Lipinski definition) is 5. The molecule has 7 nitrogen and oxygen atoms in total. The number of methoxy groups -OCH3 is 1. The number of alkyl carbamates (subject to hydrolysis) is 1. The van der Waals surface area contributed by atoms with E-state index in [0.717, 1.165) is 4.90 Å². The van der Waals surface area contributed by atoms with Crippen molar-refractivity contribution >= 4 is 18.0 Å². The van der Waals surface area contributed by atoms with Gasteiger partial charge in [0.1, 0.15) is 18.7 Å². The third-order valence-electron chi connectivity index (χ3n) is 1.80. The molecule has 104 valence electrons. The lowest BCUT2D eigenvalue weighted by molar-refractivity contribution is -0.145. The van der Waals surface area contributed by atoms with Gasteiger partial charge in [0.15, 0.2) is 0 Å². The minimum Gasteiger partial charge on any atom is -0.468 e. The molecule has 0 spiro atoms. The quantitative estimate of drug-likeness (QED) is 0.727. The van der Waals surface area contributed by atoms with Crippen LogP contribution in [0.5, 0.6) is 0 Å². The van der Waals surface area contributed by atoms with Crippen LogP contribution in [0.4, 0.5) is 4.79 Å². The molecule has 2 amide bonds. The van der Waals surface area contributed by atoms with E-state index in [0.29, 0.717) is 0 Å². The van der Waals surface area contributed by atoms with Crippen LogP contribution in [0.15, 0.2) is 0 Å². The molecule has 0 heterocycles. The van der Waals surface area contributed by atoms with E-state index in [4.69, 9.17) is 4.74 Å². The lowest BCUT2D eigenvalue weighted by Gasteiger charge is -2.20. The highest BCUT2D eigenvalue weighted by Gasteiger charge is 2.18. The number of carbonyl (C=O) groups is 3. The molecule has 0 aliphatic heterocycles. The molecule has 0 radical (unpaired) electrons. The van der Waals surface area contributed by atoms with Gasteiger partial charge in [-0.2, -0.15) is 0 Å². The highest BCUT2D eigenvalue weighted by Crippen LogP contribution is 2.06. The highest BCUT2D eigenvalue weighted by atomic mass is 16.6. The van der Waals surface area contributed by atoms with Crippen LogP contribution in [-0.2, 0) is 19.1 Å². The fourth-order valence-corrected chi connectivity index (χ4v) is 0.943. The molecule has 0 fully saturated rings. The fourth-order valence-electron chi connectivity index (χ4n) is 0.943. The van der Waals surface area contributed by atoms with Crippen LogP contribution in [0, 0.1) is 0 Å². The van der Waals surface area contributed by atoms with Crippen molar-refractivity contribution in [3.05, 3.63) is 0 Å². The van der Waals surface area contributed by atoms with Crippen molar-refractivity contribution in [3.63, 3.8) is 0 Å². The lowest BCUT2D eigenvalue weighted by atomic mass is 10.2. The number of esters is 1. The SMILES string of the molecule is COC(=O)CN(C)C(=O)CNC(=O)OC(C)(C)C. The Hall–Kier alpha value is -1.79. The van der Waals surface area contributed by atoms with Gasteiger partial charge in [0.25, 0.3) is 0 Å². The number of carbonyl (C=O) groups excluding carboxylic acids is 3. The fraction of sp³-hybridized carbons (Fsp3) is 0.727. The van der Waals surface area contributed by atoms with Crippen molar-refractivity contribution < 1.29 is 23.9 Å². The molecule has 0 unspecified atom stereocenters. The van der Waals surface area contributed by atoms with Gasteiger partial charge in [0.2, 0.25) is 5.91 Å². The topological polar surface area (TPSA) is 84.9 Å². The second-order valence-electron chi connectivity index (χ2n) is 4.68. The van der Waals surface area contributed by atoms with Gasteiger partial charge in [-0.3, -0.25) is 9.59 Å². The first-order valence-corrected chi connectivity index (χ1v) is 5.43. The van der Waals surface area contributed by atoms with Gasteiger partial charge in [-0.1, -0.05) is 0 Å². The van der Waals surface area contributed by atoms with Crippen LogP contribution in [0.1, 0.15) is 20.8 Å². The second kappa shape index (κ2) is 6.83. The number of nitrogens with zero attached hydrogens (tertiary/aromatic N) is 1. The Morgan fingerprint density at radius 1 is 1.22 bits per heavy atom. The Balaban J connectivity index is 4.03. The molecule has 0 aromatic carbocycles. The first kappa shape index (κ1) is 16.2. The van der Waals surface area contributed by atoms with Crippen molar-refractivity contribution in [2.75, 3.05) is 27.2 Å². The van der Waals surface area contributed by atoms with Gasteiger partial charge in [-0.15, -0.1) is 0 Å². The van der Waals surface area contributed by atoms with Crippen molar-refractivity contribution in [3.8, 4) is 0 Å². The summed E-state index contributed by atoms with van der Waals surface area (Å²) in [5, 5.41) is 2.31. The van der Waals surface area contributed by atoms with Crippen LogP contribution in [0.25, 0.3) is 0 Å². The average molecular weight is 260 g/mol. The first-order chi connectivity index (χ1) is 8.15. The van der Waals surface area contributed by atoms with E-state index >= 15 is 0 Å². The summed E-state index contributed by atoms with van der Waals surface area (Å²) in [6.45, 7) is 4.76. The zero-order valence-electron chi connectivity index (χ0n) is 11.4. The normalized spacial score (nSPS) is 10.5. The predicted molar refractivity (Wildman–Crippen MR) is 63.9 cm³/mol. The Morgan fingerprint density at radius 2 is 1.78 bits per heavy atom. The summed E-state index contributed by atoms with van der Waals surface area (Å²) in [4.78, 5) is 34.9. The molecule has 0 rings (SSSR count). The van der Waals surface area contributed by atoms with Crippen LogP contribution >= 0.6 is 0 Å². The van der Waals surface area contributed by atoms with E-state index in [1.54, 1.807) is 20.8 Å². The number of ether oxygens (including phenoxy) is 2. The summed E-state index contributed by atoms with van der Waals surface area (Å²) in [7, 11) is 2.68. The first-order valence-electron chi connectivity index (χ1n) is 5.43. The second-order valence-corrected chi connectivity index (χ2v) is 4.68. The van der Waals surface area contributed by atoms with E-state index in [1.165, 1.54) is 14.2 Å². The predicted octanol–water partition coefficient (Wildman–Crippen LogP) is 0.143. The average Bonchev–Trinajstić information content (AvgIpc) is 2.23. The van der Waals surface area contributed by atoms with Gasteiger partial charge in [-0.05, 0) is 20.8 Å². The number of amides is 2. The van der Waals surface area contributed by atoms with E-state index in [9.17, 15) is 14.4 Å². The molecular weight excluding hydrogens is 240 g/mol. The molecule has 0 atom stereocenters. The van der Waals surface area contributed by atoms with E-state index in [2.05, 4.69) is 10.1 Å². The smallest absolute Gasteiger partial charge is 0.408 e. The maximum absolute atomic E-state index is 11.5. The van der Waals surface area contributed by atoms with Crippen molar-refractivity contribution in [2.24, 2.45) is 0 Å². The Morgan fingerprint density at radius 3 is 2.22 bits per heavy atom. The van der Waals surface area contributed by atoms with Crippen molar-refractivity contribution in [1.82, 2.24) is 10.2 Å². The summed E-state index contributed by atoms with van der Waals surface area (Å²) in [6, 6.07) is 0. The molecule has 0 aliphatic rings. The number of hydrogen-bond donors (Lipinski definition) is 1. The van der Waals surface area contributed by atoms with Crippen molar-refractivity contribution in [1.29, 1.82) is 0 Å². The van der Waals surface area contributed by atoms with Crippen LogP contribution in [-0.4, -0.2) is 55.7 Å². The Labute approximate surface area is 106 Å². The third-order valence-corrected chi connectivity index (χ3v) is 1.80. The molecule has 0 saturated carbocycles. The number of rotatable bonds is 4. The largest absolute Gasteiger partial charge is 0.468 e. The lowest BCUT2D eigenvalue weighted by Crippen LogP contribution is -2.42. The standard InChI is InChI=1S/C11H20N2O5/c1-11(2,3)18-10(16)12-6-8(14)13(4)7-9(15)17-5/h6-7H2,1-5H3,(H,12,16). The maximum atomic E-state index is 11.5. The number of likely N-dealkylation sites (N-methyl/N-ethyl adjacent to an activating group) is 1. The van der Waals surface area contributed by atoms with Gasteiger partial charge >= 0.3 is 12.1 Å². The van der Waals surface area contributed by atoms with Crippen LogP contribution in [0.3, 0.4) is 0 Å². The number of nitrogens with one attached hydrogen (secondary N) is 1. The summed E-state index contributed by atoms with van der Waals surface area (Å²) in [6.07, 6.45) is -0.678. The molecule has 0 aromatic rings. The summed E-state index contributed by atoms with van der Waals surface area (Å²) in [5.74, 6) is -0.936. The molecule has 1 N–H and O–H groups in total. The minimum atomic E-state index is -0.678. The van der Waals surface area contributed by atoms with Crippen LogP contribution < -0.4 is 5.32 Å². The molecule has 0 saturated heterocycles. The monoisotopic (exact) mass is 260 g/mol. The molecular formula is C11H20N2O5. The van der Waals surface area contributed by atoms with E-state index in [-0.39, 0.29) is 13.1 Å². The molecule has 0 aliphatic carbocycles. The highest BCUT2D eigenvalue weighted by molar-refractivity contribution is 5.85. The Kier molecular flexibility index (Phi) is 6.15. The summed E-state index contributed by atoms with van der Waals surface area (Å²) < 4.78 is 9.38. The summed E-state index contributed by atoms with van der Waals surface area (Å²) >= 11 is 0. The third kappa shape index (κ3) is 7.48. The summed E-state index contributed by atoms with van der Waals surface area (Å²) in [5.41, 5.74) is -0.620. The maximum Gasteiger partial charge on any atom is 0.408 e. The van der Waals surface area contributed by atoms with Gasteiger partial charge in [0.05, 0.1) is 7.11 Å².